The van der Waals surface area contributed by atoms with E-state index in [2.05, 4.69) is 209 Å². The molecule has 7 aromatic rings. The van der Waals surface area contributed by atoms with Gasteiger partial charge in [0.25, 0.3) is 0 Å². The summed E-state index contributed by atoms with van der Waals surface area (Å²) < 4.78 is 0. The molecule has 0 radical (unpaired) electrons. The molecule has 0 spiro atoms. The monoisotopic (exact) mass is 684 g/mol. The van der Waals surface area contributed by atoms with Gasteiger partial charge in [-0.1, -0.05) is 133 Å². The molecule has 0 N–H and O–H groups in total. The van der Waals surface area contributed by atoms with Gasteiger partial charge in [0, 0.05) is 39.0 Å². The maximum atomic E-state index is 2.51. The Hall–Kier alpha value is -5.86. The number of para-hydroxylation sites is 2. The predicted octanol–water partition coefficient (Wildman–Crippen LogP) is 13.9. The number of hydrogen-bond donors (Lipinski definition) is 0. The van der Waals surface area contributed by atoms with E-state index < -0.39 is 0 Å². The van der Waals surface area contributed by atoms with Crippen molar-refractivity contribution in [3.63, 3.8) is 0 Å². The number of hydrogen-bond acceptors (Lipinski definition) is 2. The SMILES string of the molecule is CC1(C)c2ccccc2-c2ccc(N(c3ccccc3)c3ccc4c(c3)C(C)(C)c3cc5c(cc3N4c3ccccc3)C(C)(C)c3ccccc3-5)cc21. The summed E-state index contributed by atoms with van der Waals surface area (Å²) in [4.78, 5) is 4.95. The van der Waals surface area contributed by atoms with E-state index in [1.54, 1.807) is 0 Å². The van der Waals surface area contributed by atoms with Crippen molar-refractivity contribution < 1.29 is 0 Å². The Morgan fingerprint density at radius 2 is 0.811 bits per heavy atom. The molecule has 0 saturated carbocycles. The molecule has 0 saturated heterocycles. The molecule has 3 aliphatic rings. The van der Waals surface area contributed by atoms with Gasteiger partial charge in [0.05, 0.1) is 11.4 Å². The molecule has 10 rings (SSSR count). The Kier molecular flexibility index (Phi) is 6.65. The Bertz CT molecular complexity index is 2590. The molecule has 1 aliphatic heterocycles. The summed E-state index contributed by atoms with van der Waals surface area (Å²) >= 11 is 0. The normalized spacial score (nSPS) is 16.2. The maximum Gasteiger partial charge on any atom is 0.0506 e. The van der Waals surface area contributed by atoms with Crippen LogP contribution in [-0.2, 0) is 16.2 Å². The standard InChI is InChI=1S/C51H44N2/c1-49(2)41-23-15-13-21-37(41)39-27-25-35(29-43(39)49)52(33-17-9-7-10-18-33)36-26-28-47-45(30-36)51(5,6)46-31-40-38-22-14-16-24-42(38)50(3,4)44(40)32-48(46)53(47)34-19-11-8-12-20-34/h7-32H,1-6H3. The summed E-state index contributed by atoms with van der Waals surface area (Å²) in [6, 6.07) is 58.9. The van der Waals surface area contributed by atoms with Crippen molar-refractivity contribution in [2.75, 3.05) is 9.80 Å². The first-order valence-electron chi connectivity index (χ1n) is 18.9. The summed E-state index contributed by atoms with van der Waals surface area (Å²) in [6.45, 7) is 14.3. The van der Waals surface area contributed by atoms with Gasteiger partial charge in [0.2, 0.25) is 0 Å². The fraction of sp³-hybridized carbons (Fsp3) is 0.176. The van der Waals surface area contributed by atoms with Crippen molar-refractivity contribution in [1.29, 1.82) is 0 Å². The van der Waals surface area contributed by atoms with Crippen LogP contribution in [0.3, 0.4) is 0 Å². The van der Waals surface area contributed by atoms with Gasteiger partial charge >= 0.3 is 0 Å². The van der Waals surface area contributed by atoms with Crippen LogP contribution in [0.1, 0.15) is 74.9 Å². The smallest absolute Gasteiger partial charge is 0.0506 e. The van der Waals surface area contributed by atoms with E-state index >= 15 is 0 Å². The van der Waals surface area contributed by atoms with E-state index in [1.165, 1.54) is 78.4 Å². The van der Waals surface area contributed by atoms with Crippen molar-refractivity contribution in [3.05, 3.63) is 191 Å². The molecule has 2 heteroatoms. The van der Waals surface area contributed by atoms with E-state index in [0.717, 1.165) is 11.4 Å². The fourth-order valence-corrected chi connectivity index (χ4v) is 9.77. The van der Waals surface area contributed by atoms with Crippen molar-refractivity contribution in [1.82, 2.24) is 0 Å². The highest BCUT2D eigenvalue weighted by molar-refractivity contribution is 5.93. The van der Waals surface area contributed by atoms with Gasteiger partial charge in [-0.3, -0.25) is 0 Å². The third kappa shape index (κ3) is 4.45. The average molecular weight is 685 g/mol. The third-order valence-corrected chi connectivity index (χ3v) is 12.6. The van der Waals surface area contributed by atoms with Crippen LogP contribution in [0.25, 0.3) is 22.3 Å². The van der Waals surface area contributed by atoms with E-state index in [0.29, 0.717) is 0 Å². The largest absolute Gasteiger partial charge is 0.310 e. The Labute approximate surface area is 314 Å². The van der Waals surface area contributed by atoms with Gasteiger partial charge in [0.15, 0.2) is 0 Å². The Morgan fingerprint density at radius 1 is 0.340 bits per heavy atom. The van der Waals surface area contributed by atoms with Gasteiger partial charge in [-0.05, 0) is 122 Å². The van der Waals surface area contributed by atoms with Crippen LogP contribution in [0.2, 0.25) is 0 Å². The van der Waals surface area contributed by atoms with Gasteiger partial charge in [-0.2, -0.15) is 0 Å². The second kappa shape index (κ2) is 11.1. The molecule has 0 unspecified atom stereocenters. The number of nitrogens with zero attached hydrogens (tertiary/aromatic N) is 2. The molecule has 1 heterocycles. The quantitative estimate of drug-likeness (QED) is 0.182. The van der Waals surface area contributed by atoms with E-state index in [1.807, 2.05) is 0 Å². The van der Waals surface area contributed by atoms with E-state index in [-0.39, 0.29) is 16.2 Å². The molecule has 258 valence electrons. The third-order valence-electron chi connectivity index (χ3n) is 12.6. The molecule has 0 atom stereocenters. The van der Waals surface area contributed by atoms with Gasteiger partial charge in [0.1, 0.15) is 0 Å². The molecule has 0 amide bonds. The lowest BCUT2D eigenvalue weighted by Gasteiger charge is -2.43. The lowest BCUT2D eigenvalue weighted by Crippen LogP contribution is -2.31. The maximum absolute atomic E-state index is 2.51. The minimum absolute atomic E-state index is 0.0838. The molecule has 0 fully saturated rings. The number of fused-ring (bicyclic) bond motifs is 8. The zero-order valence-corrected chi connectivity index (χ0v) is 31.4. The van der Waals surface area contributed by atoms with Crippen molar-refractivity contribution in [3.8, 4) is 22.3 Å². The van der Waals surface area contributed by atoms with Crippen LogP contribution >= 0.6 is 0 Å². The second-order valence-corrected chi connectivity index (χ2v) is 16.7. The van der Waals surface area contributed by atoms with Crippen LogP contribution in [0.15, 0.2) is 158 Å². The summed E-state index contributed by atoms with van der Waals surface area (Å²) in [5, 5.41) is 0. The Morgan fingerprint density at radius 3 is 1.47 bits per heavy atom. The summed E-state index contributed by atoms with van der Waals surface area (Å²) in [5.41, 5.74) is 20.3. The van der Waals surface area contributed by atoms with Crippen LogP contribution in [0.4, 0.5) is 34.1 Å². The molecule has 0 aromatic heterocycles. The topological polar surface area (TPSA) is 6.48 Å². The fourth-order valence-electron chi connectivity index (χ4n) is 9.77. The first kappa shape index (κ1) is 31.8. The minimum atomic E-state index is -0.271. The van der Waals surface area contributed by atoms with Crippen molar-refractivity contribution in [2.45, 2.75) is 57.8 Å². The molecule has 2 aliphatic carbocycles. The highest BCUT2D eigenvalue weighted by atomic mass is 15.2. The molecule has 53 heavy (non-hydrogen) atoms. The van der Waals surface area contributed by atoms with Crippen LogP contribution in [-0.4, -0.2) is 0 Å². The molecular formula is C51H44N2. The summed E-state index contributed by atoms with van der Waals surface area (Å²) in [6.07, 6.45) is 0. The van der Waals surface area contributed by atoms with Crippen molar-refractivity contribution >= 4 is 34.1 Å². The highest BCUT2D eigenvalue weighted by Gasteiger charge is 2.43. The number of anilines is 6. The molecule has 2 nitrogen and oxygen atoms in total. The lowest BCUT2D eigenvalue weighted by molar-refractivity contribution is 0.627. The van der Waals surface area contributed by atoms with Crippen molar-refractivity contribution in [2.24, 2.45) is 0 Å². The molecule has 0 bridgehead atoms. The van der Waals surface area contributed by atoms with Crippen LogP contribution in [0, 0.1) is 0 Å². The van der Waals surface area contributed by atoms with Gasteiger partial charge in [-0.15, -0.1) is 0 Å². The van der Waals surface area contributed by atoms with E-state index in [4.69, 9.17) is 0 Å². The summed E-state index contributed by atoms with van der Waals surface area (Å²) in [7, 11) is 0. The van der Waals surface area contributed by atoms with E-state index in [9.17, 15) is 0 Å². The van der Waals surface area contributed by atoms with Crippen LogP contribution < -0.4 is 9.80 Å². The predicted molar refractivity (Wildman–Crippen MR) is 223 cm³/mol. The first-order valence-corrected chi connectivity index (χ1v) is 18.9. The summed E-state index contributed by atoms with van der Waals surface area (Å²) in [5.74, 6) is 0. The number of benzene rings is 7. The van der Waals surface area contributed by atoms with Gasteiger partial charge < -0.3 is 9.80 Å². The van der Waals surface area contributed by atoms with Crippen LogP contribution in [0.5, 0.6) is 0 Å². The number of rotatable bonds is 4. The molecule has 7 aromatic carbocycles. The average Bonchev–Trinajstić information content (AvgIpc) is 3.54. The first-order chi connectivity index (χ1) is 25.6. The zero-order chi connectivity index (χ0) is 36.3. The second-order valence-electron chi connectivity index (χ2n) is 16.7. The zero-order valence-electron chi connectivity index (χ0n) is 31.4. The molecular weight excluding hydrogens is 641 g/mol. The lowest BCUT2D eigenvalue weighted by atomic mass is 9.71. The highest BCUT2D eigenvalue weighted by Crippen LogP contribution is 2.58. The minimum Gasteiger partial charge on any atom is -0.310 e. The Balaban J connectivity index is 1.18. The van der Waals surface area contributed by atoms with Gasteiger partial charge in [-0.25, -0.2) is 0 Å².